The number of aromatic nitrogens is 3. The van der Waals surface area contributed by atoms with Gasteiger partial charge in [0.05, 0.1) is 42.0 Å². The average molecular weight is 471 g/mol. The predicted molar refractivity (Wildman–Crippen MR) is 120 cm³/mol. The summed E-state index contributed by atoms with van der Waals surface area (Å²) in [5, 5.41) is 9.55. The number of hydrogen-bond donors (Lipinski definition) is 0. The van der Waals surface area contributed by atoms with E-state index in [0.717, 1.165) is 21.0 Å². The zero-order chi connectivity index (χ0) is 22.1. The van der Waals surface area contributed by atoms with E-state index >= 15 is 0 Å². The number of rotatable bonds is 5. The number of nitrogens with zero attached hydrogens (tertiary/aromatic N) is 4. The maximum atomic E-state index is 12.9. The molecule has 10 heteroatoms. The van der Waals surface area contributed by atoms with E-state index in [1.165, 1.54) is 0 Å². The summed E-state index contributed by atoms with van der Waals surface area (Å²) in [6.07, 6.45) is 0.405. The minimum atomic E-state index is -0.136. The zero-order valence-corrected chi connectivity index (χ0v) is 18.8. The van der Waals surface area contributed by atoms with Crippen LogP contribution >= 0.6 is 22.9 Å². The molecule has 0 saturated carbocycles. The van der Waals surface area contributed by atoms with Gasteiger partial charge < -0.3 is 18.8 Å². The van der Waals surface area contributed by atoms with Crippen molar-refractivity contribution in [3.05, 3.63) is 57.9 Å². The fraction of sp³-hybridized carbons (Fsp3) is 0.273. The first-order valence-corrected chi connectivity index (χ1v) is 11.2. The van der Waals surface area contributed by atoms with E-state index in [1.807, 2.05) is 18.2 Å². The van der Waals surface area contributed by atoms with Crippen LogP contribution in [0.4, 0.5) is 0 Å². The lowest BCUT2D eigenvalue weighted by Gasteiger charge is -2.27. The molecule has 0 spiro atoms. The lowest BCUT2D eigenvalue weighted by atomic mass is 10.1. The molecule has 1 fully saturated rings. The molecular weight excluding hydrogens is 452 g/mol. The Morgan fingerprint density at radius 1 is 1.22 bits per heavy atom. The van der Waals surface area contributed by atoms with Gasteiger partial charge in [0.1, 0.15) is 16.3 Å². The van der Waals surface area contributed by atoms with Crippen LogP contribution in [-0.2, 0) is 11.2 Å². The molecule has 1 saturated heterocycles. The molecule has 2 aromatic heterocycles. The number of hydrogen-bond acceptors (Lipinski definition) is 8. The second-order valence-corrected chi connectivity index (χ2v) is 8.71. The van der Waals surface area contributed by atoms with E-state index in [2.05, 4.69) is 15.2 Å². The number of fused-ring (bicyclic) bond motifs is 1. The number of carbonyl (C=O) groups excluding carboxylic acids is 1. The van der Waals surface area contributed by atoms with Crippen molar-refractivity contribution in [2.24, 2.45) is 0 Å². The first-order valence-electron chi connectivity index (χ1n) is 10.0. The standard InChI is InChI=1S/C22H19ClN4O4S/c1-29-16-3-2-4-17-20(16)24-19(32-17)12-18-25-26-21(31-18)13-5-6-15(23)14(11-13)22(28)27-7-9-30-10-8-27/h2-6,11H,7-10,12H2,1H3. The summed E-state index contributed by atoms with van der Waals surface area (Å²) in [4.78, 5) is 19.3. The molecule has 0 atom stereocenters. The van der Waals surface area contributed by atoms with Gasteiger partial charge in [-0.25, -0.2) is 4.98 Å². The SMILES string of the molecule is COc1cccc2sc(Cc3nnc(-c4ccc(Cl)c(C(=O)N5CCOCC5)c4)o3)nc12. The molecule has 2 aromatic carbocycles. The summed E-state index contributed by atoms with van der Waals surface area (Å²) < 4.78 is 17.6. The Morgan fingerprint density at radius 3 is 2.88 bits per heavy atom. The van der Waals surface area contributed by atoms with Crippen molar-refractivity contribution in [3.63, 3.8) is 0 Å². The minimum absolute atomic E-state index is 0.136. The number of ether oxygens (including phenoxy) is 2. The maximum Gasteiger partial charge on any atom is 0.255 e. The molecule has 1 amide bonds. The number of amides is 1. The van der Waals surface area contributed by atoms with Crippen LogP contribution in [0, 0.1) is 0 Å². The van der Waals surface area contributed by atoms with Crippen molar-refractivity contribution in [1.29, 1.82) is 0 Å². The van der Waals surface area contributed by atoms with E-state index in [9.17, 15) is 4.79 Å². The highest BCUT2D eigenvalue weighted by Crippen LogP contribution is 2.31. The molecule has 5 rings (SSSR count). The van der Waals surface area contributed by atoms with Crippen LogP contribution in [0.15, 0.2) is 40.8 Å². The van der Waals surface area contributed by atoms with E-state index in [1.54, 1.807) is 41.5 Å². The quantitative estimate of drug-likeness (QED) is 0.434. The van der Waals surface area contributed by atoms with Gasteiger partial charge in [-0.15, -0.1) is 21.5 Å². The Bertz CT molecular complexity index is 1280. The molecule has 0 bridgehead atoms. The van der Waals surface area contributed by atoms with Gasteiger partial charge in [-0.3, -0.25) is 4.79 Å². The summed E-state index contributed by atoms with van der Waals surface area (Å²) in [6, 6.07) is 10.9. The molecule has 0 aliphatic carbocycles. The third-order valence-electron chi connectivity index (χ3n) is 5.16. The van der Waals surface area contributed by atoms with Gasteiger partial charge in [-0.2, -0.15) is 0 Å². The summed E-state index contributed by atoms with van der Waals surface area (Å²) in [5.41, 5.74) is 1.86. The number of para-hydroxylation sites is 1. The molecule has 0 N–H and O–H groups in total. The second kappa shape index (κ2) is 8.85. The third kappa shape index (κ3) is 4.06. The van der Waals surface area contributed by atoms with Gasteiger partial charge >= 0.3 is 0 Å². The highest BCUT2D eigenvalue weighted by atomic mass is 35.5. The number of morpholine rings is 1. The van der Waals surface area contributed by atoms with Crippen molar-refractivity contribution < 1.29 is 18.7 Å². The molecule has 8 nitrogen and oxygen atoms in total. The third-order valence-corrected chi connectivity index (χ3v) is 6.51. The molecule has 164 valence electrons. The Hall–Kier alpha value is -3.01. The fourth-order valence-electron chi connectivity index (χ4n) is 3.54. The van der Waals surface area contributed by atoms with Gasteiger partial charge in [0.2, 0.25) is 11.8 Å². The van der Waals surface area contributed by atoms with Gasteiger partial charge in [0, 0.05) is 18.7 Å². The molecule has 0 radical (unpaired) electrons. The van der Waals surface area contributed by atoms with Crippen LogP contribution < -0.4 is 4.74 Å². The number of carbonyl (C=O) groups is 1. The molecule has 3 heterocycles. The number of methoxy groups -OCH3 is 1. The van der Waals surface area contributed by atoms with Crippen LogP contribution in [0.5, 0.6) is 5.75 Å². The smallest absolute Gasteiger partial charge is 0.255 e. The van der Waals surface area contributed by atoms with Gasteiger partial charge in [-0.1, -0.05) is 17.7 Å². The van der Waals surface area contributed by atoms with Crippen LogP contribution in [0.3, 0.4) is 0 Å². The first-order chi connectivity index (χ1) is 15.6. The number of benzene rings is 2. The minimum Gasteiger partial charge on any atom is -0.494 e. The highest BCUT2D eigenvalue weighted by Gasteiger charge is 2.22. The topological polar surface area (TPSA) is 90.6 Å². The highest BCUT2D eigenvalue weighted by molar-refractivity contribution is 7.18. The lowest BCUT2D eigenvalue weighted by Crippen LogP contribution is -2.40. The summed E-state index contributed by atoms with van der Waals surface area (Å²) >= 11 is 7.87. The molecule has 1 aliphatic rings. The van der Waals surface area contributed by atoms with E-state index < -0.39 is 0 Å². The average Bonchev–Trinajstić information content (AvgIpc) is 3.46. The Labute approximate surface area is 192 Å². The van der Waals surface area contributed by atoms with Gasteiger partial charge in [0.15, 0.2) is 0 Å². The lowest BCUT2D eigenvalue weighted by molar-refractivity contribution is 0.0303. The van der Waals surface area contributed by atoms with Crippen LogP contribution in [0.2, 0.25) is 5.02 Å². The Morgan fingerprint density at radius 2 is 2.06 bits per heavy atom. The Balaban J connectivity index is 1.38. The number of thiazole rings is 1. The largest absolute Gasteiger partial charge is 0.494 e. The Kier molecular flexibility index (Phi) is 5.77. The summed E-state index contributed by atoms with van der Waals surface area (Å²) in [5.74, 6) is 1.36. The monoisotopic (exact) mass is 470 g/mol. The van der Waals surface area contributed by atoms with Crippen molar-refractivity contribution in [1.82, 2.24) is 20.1 Å². The van der Waals surface area contributed by atoms with Gasteiger partial charge in [-0.05, 0) is 30.3 Å². The predicted octanol–water partition coefficient (Wildman–Crippen LogP) is 4.07. The van der Waals surface area contributed by atoms with Crippen molar-refractivity contribution in [2.45, 2.75) is 6.42 Å². The van der Waals surface area contributed by atoms with E-state index in [4.69, 9.17) is 25.5 Å². The first kappa shape index (κ1) is 20.9. The fourth-order valence-corrected chi connectivity index (χ4v) is 4.71. The molecule has 4 aromatic rings. The number of halogens is 1. The van der Waals surface area contributed by atoms with E-state index in [0.29, 0.717) is 60.7 Å². The zero-order valence-electron chi connectivity index (χ0n) is 17.2. The second-order valence-electron chi connectivity index (χ2n) is 7.19. The van der Waals surface area contributed by atoms with Crippen molar-refractivity contribution in [3.8, 4) is 17.2 Å². The molecule has 32 heavy (non-hydrogen) atoms. The van der Waals surface area contributed by atoms with Crippen LogP contribution in [-0.4, -0.2) is 59.4 Å². The van der Waals surface area contributed by atoms with Crippen LogP contribution in [0.1, 0.15) is 21.3 Å². The molecule has 1 aliphatic heterocycles. The summed E-state index contributed by atoms with van der Waals surface area (Å²) in [7, 11) is 1.63. The normalized spacial score (nSPS) is 14.1. The van der Waals surface area contributed by atoms with Gasteiger partial charge in [0.25, 0.3) is 5.91 Å². The molecular formula is C22H19ClN4O4S. The summed E-state index contributed by atoms with van der Waals surface area (Å²) in [6.45, 7) is 2.12. The van der Waals surface area contributed by atoms with Crippen LogP contribution in [0.25, 0.3) is 21.7 Å². The molecule has 0 unspecified atom stereocenters. The van der Waals surface area contributed by atoms with Crippen molar-refractivity contribution >= 4 is 39.1 Å². The van der Waals surface area contributed by atoms with E-state index in [-0.39, 0.29) is 5.91 Å². The maximum absolute atomic E-state index is 12.9. The van der Waals surface area contributed by atoms with Crippen molar-refractivity contribution in [2.75, 3.05) is 33.4 Å².